The SMILES string of the molecule is CC(C)O.Cl.OCCO. The summed E-state index contributed by atoms with van der Waals surface area (Å²) in [5.41, 5.74) is 0. The highest BCUT2D eigenvalue weighted by molar-refractivity contribution is 5.85. The summed E-state index contributed by atoms with van der Waals surface area (Å²) in [6.45, 7) is 3.19. The van der Waals surface area contributed by atoms with Crippen LogP contribution < -0.4 is 0 Å². The summed E-state index contributed by atoms with van der Waals surface area (Å²) in [6.07, 6.45) is -0.167. The second kappa shape index (κ2) is 15.7. The molecule has 0 atom stereocenters. The van der Waals surface area contributed by atoms with Crippen LogP contribution in [-0.2, 0) is 0 Å². The van der Waals surface area contributed by atoms with Gasteiger partial charge in [0.2, 0.25) is 0 Å². The molecule has 0 rings (SSSR count). The molecule has 0 radical (unpaired) electrons. The molecule has 0 bridgehead atoms. The van der Waals surface area contributed by atoms with Crippen LogP contribution in [0.3, 0.4) is 0 Å². The average molecular weight is 159 g/mol. The predicted octanol–water partition coefficient (Wildman–Crippen LogP) is -0.220. The van der Waals surface area contributed by atoms with Crippen LogP contribution >= 0.6 is 12.4 Å². The third-order valence-corrected chi connectivity index (χ3v) is 0.1000. The van der Waals surface area contributed by atoms with Crippen molar-refractivity contribution in [2.45, 2.75) is 20.0 Å². The van der Waals surface area contributed by atoms with Crippen LogP contribution in [0.25, 0.3) is 0 Å². The molecule has 4 heteroatoms. The van der Waals surface area contributed by atoms with Crippen molar-refractivity contribution in [3.63, 3.8) is 0 Å². The summed E-state index contributed by atoms with van der Waals surface area (Å²) in [5, 5.41) is 23.3. The molecule has 0 saturated carbocycles. The van der Waals surface area contributed by atoms with Gasteiger partial charge in [-0.05, 0) is 13.8 Å². The highest BCUT2D eigenvalue weighted by Gasteiger charge is 1.69. The molecule has 0 aliphatic heterocycles. The molecule has 0 aromatic rings. The zero-order valence-corrected chi connectivity index (χ0v) is 6.56. The fourth-order valence-corrected chi connectivity index (χ4v) is 0. The van der Waals surface area contributed by atoms with E-state index in [-0.39, 0.29) is 31.7 Å². The van der Waals surface area contributed by atoms with E-state index in [1.165, 1.54) is 0 Å². The Morgan fingerprint density at radius 3 is 1.22 bits per heavy atom. The third kappa shape index (κ3) is 227. The van der Waals surface area contributed by atoms with Gasteiger partial charge in [0.25, 0.3) is 0 Å². The minimum absolute atomic E-state index is 0. The Kier molecular flexibility index (Phi) is 28.1. The van der Waals surface area contributed by atoms with Crippen LogP contribution in [0.4, 0.5) is 0 Å². The summed E-state index contributed by atoms with van der Waals surface area (Å²) < 4.78 is 0. The van der Waals surface area contributed by atoms with Gasteiger partial charge >= 0.3 is 0 Å². The Balaban J connectivity index is -0.0000000720. The molecule has 0 aliphatic rings. The summed E-state index contributed by atoms with van der Waals surface area (Å²) in [4.78, 5) is 0. The van der Waals surface area contributed by atoms with Gasteiger partial charge in [-0.1, -0.05) is 0 Å². The first-order valence-corrected chi connectivity index (χ1v) is 2.55. The van der Waals surface area contributed by atoms with Crippen molar-refractivity contribution >= 4 is 12.4 Å². The van der Waals surface area contributed by atoms with E-state index in [4.69, 9.17) is 15.3 Å². The molecule has 3 nitrogen and oxygen atoms in total. The van der Waals surface area contributed by atoms with Crippen molar-refractivity contribution in [1.29, 1.82) is 0 Å². The number of aliphatic hydroxyl groups is 3. The summed E-state index contributed by atoms with van der Waals surface area (Å²) >= 11 is 0. The fourth-order valence-electron chi connectivity index (χ4n) is 0. The minimum atomic E-state index is -0.167. The van der Waals surface area contributed by atoms with Gasteiger partial charge in [0, 0.05) is 6.10 Å². The zero-order valence-electron chi connectivity index (χ0n) is 5.74. The molecule has 0 spiro atoms. The van der Waals surface area contributed by atoms with Crippen LogP contribution in [0.2, 0.25) is 0 Å². The molecule has 0 unspecified atom stereocenters. The molecule has 0 aliphatic carbocycles. The molecule has 0 amide bonds. The maximum Gasteiger partial charge on any atom is 0.0662 e. The molecule has 0 aromatic heterocycles. The molecular formula is C5H15ClO3. The quantitative estimate of drug-likeness (QED) is 0.495. The van der Waals surface area contributed by atoms with Crippen LogP contribution in [0.1, 0.15) is 13.8 Å². The smallest absolute Gasteiger partial charge is 0.0662 e. The normalized spacial score (nSPS) is 7.33. The lowest BCUT2D eigenvalue weighted by molar-refractivity contribution is 0.186. The summed E-state index contributed by atoms with van der Waals surface area (Å²) in [6, 6.07) is 0. The first-order valence-electron chi connectivity index (χ1n) is 2.55. The van der Waals surface area contributed by atoms with Gasteiger partial charge in [-0.2, -0.15) is 0 Å². The van der Waals surface area contributed by atoms with Gasteiger partial charge in [-0.3, -0.25) is 0 Å². The Morgan fingerprint density at radius 2 is 1.22 bits per heavy atom. The number of halogens is 1. The van der Waals surface area contributed by atoms with Gasteiger partial charge < -0.3 is 15.3 Å². The van der Waals surface area contributed by atoms with Gasteiger partial charge in [0.15, 0.2) is 0 Å². The van der Waals surface area contributed by atoms with Crippen molar-refractivity contribution in [2.75, 3.05) is 13.2 Å². The predicted molar refractivity (Wildman–Crippen MR) is 38.8 cm³/mol. The van der Waals surface area contributed by atoms with E-state index in [0.717, 1.165) is 0 Å². The van der Waals surface area contributed by atoms with E-state index in [0.29, 0.717) is 0 Å². The maximum absolute atomic E-state index is 8.06. The van der Waals surface area contributed by atoms with Crippen LogP contribution in [0.5, 0.6) is 0 Å². The topological polar surface area (TPSA) is 60.7 Å². The number of hydrogen-bond acceptors (Lipinski definition) is 3. The first-order chi connectivity index (χ1) is 3.65. The Morgan fingerprint density at radius 1 is 1.11 bits per heavy atom. The Bertz CT molecular complexity index is 28.6. The van der Waals surface area contributed by atoms with Crippen molar-refractivity contribution in [1.82, 2.24) is 0 Å². The molecule has 9 heavy (non-hydrogen) atoms. The molecule has 0 aromatic carbocycles. The van der Waals surface area contributed by atoms with E-state index in [9.17, 15) is 0 Å². The molecule has 3 N–H and O–H groups in total. The Labute approximate surface area is 61.7 Å². The van der Waals surface area contributed by atoms with Crippen molar-refractivity contribution in [3.05, 3.63) is 0 Å². The average Bonchev–Trinajstić information content (AvgIpc) is 1.65. The fraction of sp³-hybridized carbons (Fsp3) is 1.00. The maximum atomic E-state index is 8.06. The van der Waals surface area contributed by atoms with Crippen LogP contribution in [0, 0.1) is 0 Å². The molecular weight excluding hydrogens is 144 g/mol. The highest BCUT2D eigenvalue weighted by Crippen LogP contribution is 1.65. The van der Waals surface area contributed by atoms with Crippen molar-refractivity contribution in [2.24, 2.45) is 0 Å². The standard InChI is InChI=1S/C3H8O.C2H6O2.ClH/c1-3(2)4;3-1-2-4;/h3-4H,1-2H3;3-4H,1-2H2;1H. The van der Waals surface area contributed by atoms with E-state index in [1.807, 2.05) is 0 Å². The second-order valence-electron chi connectivity index (χ2n) is 1.54. The minimum Gasteiger partial charge on any atom is -0.394 e. The largest absolute Gasteiger partial charge is 0.394 e. The van der Waals surface area contributed by atoms with Gasteiger partial charge in [-0.25, -0.2) is 0 Å². The second-order valence-corrected chi connectivity index (χ2v) is 1.54. The summed E-state index contributed by atoms with van der Waals surface area (Å²) in [7, 11) is 0. The van der Waals surface area contributed by atoms with Gasteiger partial charge in [-0.15, -0.1) is 12.4 Å². The van der Waals surface area contributed by atoms with Crippen molar-refractivity contribution < 1.29 is 15.3 Å². The first kappa shape index (κ1) is 16.1. The van der Waals surface area contributed by atoms with Gasteiger partial charge in [0.05, 0.1) is 13.2 Å². The monoisotopic (exact) mass is 158 g/mol. The highest BCUT2D eigenvalue weighted by atomic mass is 35.5. The molecule has 0 heterocycles. The van der Waals surface area contributed by atoms with Crippen LogP contribution in [-0.4, -0.2) is 34.6 Å². The van der Waals surface area contributed by atoms with Gasteiger partial charge in [0.1, 0.15) is 0 Å². The zero-order chi connectivity index (χ0) is 6.99. The lowest BCUT2D eigenvalue weighted by Gasteiger charge is -1.80. The lowest BCUT2D eigenvalue weighted by Crippen LogP contribution is -1.85. The van der Waals surface area contributed by atoms with E-state index in [1.54, 1.807) is 13.8 Å². The molecule has 0 fully saturated rings. The third-order valence-electron chi connectivity index (χ3n) is 0.1000. The van der Waals surface area contributed by atoms with E-state index < -0.39 is 0 Å². The summed E-state index contributed by atoms with van der Waals surface area (Å²) in [5.74, 6) is 0. The Hall–Kier alpha value is 0.170. The number of aliphatic hydroxyl groups excluding tert-OH is 3. The van der Waals surface area contributed by atoms with Crippen molar-refractivity contribution in [3.8, 4) is 0 Å². The van der Waals surface area contributed by atoms with E-state index >= 15 is 0 Å². The lowest BCUT2D eigenvalue weighted by atomic mass is 10.5. The molecule has 0 saturated heterocycles. The number of rotatable bonds is 1. The molecule has 60 valence electrons. The van der Waals surface area contributed by atoms with Crippen LogP contribution in [0.15, 0.2) is 0 Å². The van der Waals surface area contributed by atoms with E-state index in [2.05, 4.69) is 0 Å². The number of hydrogen-bond donors (Lipinski definition) is 3.